The van der Waals surface area contributed by atoms with Gasteiger partial charge in [0.1, 0.15) is 11.9 Å². The van der Waals surface area contributed by atoms with Crippen molar-refractivity contribution in [2.24, 2.45) is 0 Å². The summed E-state index contributed by atoms with van der Waals surface area (Å²) in [7, 11) is 0. The summed E-state index contributed by atoms with van der Waals surface area (Å²) < 4.78 is 7.23. The maximum absolute atomic E-state index is 6.27. The van der Waals surface area contributed by atoms with Crippen LogP contribution in [-0.4, -0.2) is 0 Å². The molecular weight excluding hydrogens is 324 g/mol. The van der Waals surface area contributed by atoms with E-state index in [1.165, 1.54) is 0 Å². The van der Waals surface area contributed by atoms with E-state index in [4.69, 9.17) is 4.74 Å². The van der Waals surface area contributed by atoms with Crippen molar-refractivity contribution >= 4 is 15.9 Å². The zero-order chi connectivity index (χ0) is 14.5. The molecule has 0 unspecified atom stereocenters. The Morgan fingerprint density at radius 3 is 1.62 bits per heavy atom. The van der Waals surface area contributed by atoms with Gasteiger partial charge in [-0.1, -0.05) is 72.8 Å². The van der Waals surface area contributed by atoms with Crippen LogP contribution in [0.1, 0.15) is 17.2 Å². The SMILES string of the molecule is Brc1ccccc1OC(c1ccccc1)c1ccccc1. The lowest BCUT2D eigenvalue weighted by Gasteiger charge is -2.21. The van der Waals surface area contributed by atoms with E-state index in [2.05, 4.69) is 40.2 Å². The average Bonchev–Trinajstić information content (AvgIpc) is 2.56. The van der Waals surface area contributed by atoms with Crippen LogP contribution in [0.3, 0.4) is 0 Å². The molecule has 0 aliphatic carbocycles. The van der Waals surface area contributed by atoms with Crippen molar-refractivity contribution in [3.63, 3.8) is 0 Å². The third kappa shape index (κ3) is 3.34. The Morgan fingerprint density at radius 1 is 0.619 bits per heavy atom. The number of para-hydroxylation sites is 1. The van der Waals surface area contributed by atoms with Gasteiger partial charge < -0.3 is 4.74 Å². The fraction of sp³-hybridized carbons (Fsp3) is 0.0526. The first kappa shape index (κ1) is 13.9. The molecule has 0 saturated carbocycles. The molecule has 0 heterocycles. The number of benzene rings is 3. The fourth-order valence-corrected chi connectivity index (χ4v) is 2.63. The Kier molecular flexibility index (Phi) is 4.37. The van der Waals surface area contributed by atoms with Gasteiger partial charge in [0.25, 0.3) is 0 Å². The van der Waals surface area contributed by atoms with Gasteiger partial charge in [-0.3, -0.25) is 0 Å². The van der Waals surface area contributed by atoms with Crippen molar-refractivity contribution < 1.29 is 4.74 Å². The molecule has 0 spiro atoms. The lowest BCUT2D eigenvalue weighted by molar-refractivity contribution is 0.245. The van der Waals surface area contributed by atoms with Crippen LogP contribution in [0, 0.1) is 0 Å². The van der Waals surface area contributed by atoms with Crippen LogP contribution in [0.5, 0.6) is 5.75 Å². The maximum atomic E-state index is 6.27. The van der Waals surface area contributed by atoms with E-state index in [0.29, 0.717) is 0 Å². The highest BCUT2D eigenvalue weighted by Crippen LogP contribution is 2.32. The van der Waals surface area contributed by atoms with Crippen LogP contribution in [-0.2, 0) is 0 Å². The first-order chi connectivity index (χ1) is 10.3. The standard InChI is InChI=1S/C19H15BrO/c20-17-13-7-8-14-18(17)21-19(15-9-3-1-4-10-15)16-11-5-2-6-12-16/h1-14,19H. The van der Waals surface area contributed by atoms with Crippen LogP contribution in [0.15, 0.2) is 89.4 Å². The molecule has 0 bridgehead atoms. The zero-order valence-electron chi connectivity index (χ0n) is 11.4. The Hall–Kier alpha value is -2.06. The smallest absolute Gasteiger partial charge is 0.149 e. The van der Waals surface area contributed by atoms with E-state index in [9.17, 15) is 0 Å². The van der Waals surface area contributed by atoms with Gasteiger partial charge in [0.05, 0.1) is 4.47 Å². The van der Waals surface area contributed by atoms with Crippen LogP contribution in [0.4, 0.5) is 0 Å². The minimum absolute atomic E-state index is 0.119. The van der Waals surface area contributed by atoms with Crippen molar-refractivity contribution in [2.45, 2.75) is 6.10 Å². The molecular formula is C19H15BrO. The van der Waals surface area contributed by atoms with E-state index >= 15 is 0 Å². The van der Waals surface area contributed by atoms with E-state index in [-0.39, 0.29) is 6.10 Å². The molecule has 0 saturated heterocycles. The van der Waals surface area contributed by atoms with Crippen molar-refractivity contribution in [2.75, 3.05) is 0 Å². The van der Waals surface area contributed by atoms with E-state index in [1.807, 2.05) is 60.7 Å². The van der Waals surface area contributed by atoms with Crippen molar-refractivity contribution in [1.29, 1.82) is 0 Å². The molecule has 0 amide bonds. The zero-order valence-corrected chi connectivity index (χ0v) is 13.0. The van der Waals surface area contributed by atoms with Gasteiger partial charge in [-0.15, -0.1) is 0 Å². The van der Waals surface area contributed by atoms with Gasteiger partial charge in [0.2, 0.25) is 0 Å². The number of hydrogen-bond donors (Lipinski definition) is 0. The molecule has 2 heteroatoms. The first-order valence-corrected chi connectivity index (χ1v) is 7.65. The molecule has 0 fully saturated rings. The van der Waals surface area contributed by atoms with Crippen molar-refractivity contribution in [3.8, 4) is 5.75 Å². The lowest BCUT2D eigenvalue weighted by Crippen LogP contribution is -2.09. The minimum Gasteiger partial charge on any atom is -0.480 e. The van der Waals surface area contributed by atoms with Crippen LogP contribution >= 0.6 is 15.9 Å². The highest BCUT2D eigenvalue weighted by Gasteiger charge is 2.16. The second-order valence-corrected chi connectivity index (χ2v) is 5.60. The third-order valence-corrected chi connectivity index (χ3v) is 3.94. The highest BCUT2D eigenvalue weighted by atomic mass is 79.9. The molecule has 104 valence electrons. The summed E-state index contributed by atoms with van der Waals surface area (Å²) in [5, 5.41) is 0. The van der Waals surface area contributed by atoms with Gasteiger partial charge in [0, 0.05) is 0 Å². The van der Waals surface area contributed by atoms with Crippen LogP contribution in [0.25, 0.3) is 0 Å². The molecule has 0 aromatic heterocycles. The van der Waals surface area contributed by atoms with Crippen LogP contribution < -0.4 is 4.74 Å². The third-order valence-electron chi connectivity index (χ3n) is 3.29. The average molecular weight is 339 g/mol. The lowest BCUT2D eigenvalue weighted by atomic mass is 10.0. The van der Waals surface area contributed by atoms with Crippen molar-refractivity contribution in [1.82, 2.24) is 0 Å². The quantitative estimate of drug-likeness (QED) is 0.600. The summed E-state index contributed by atoms with van der Waals surface area (Å²) in [6.07, 6.45) is -0.119. The molecule has 3 rings (SSSR count). The predicted molar refractivity (Wildman–Crippen MR) is 89.5 cm³/mol. The summed E-state index contributed by atoms with van der Waals surface area (Å²) in [5.74, 6) is 0.843. The van der Waals surface area contributed by atoms with Gasteiger partial charge in [-0.25, -0.2) is 0 Å². The minimum atomic E-state index is -0.119. The number of rotatable bonds is 4. The largest absolute Gasteiger partial charge is 0.480 e. The topological polar surface area (TPSA) is 9.23 Å². The summed E-state index contributed by atoms with van der Waals surface area (Å²) in [4.78, 5) is 0. The van der Waals surface area contributed by atoms with E-state index in [1.54, 1.807) is 0 Å². The van der Waals surface area contributed by atoms with Gasteiger partial charge in [0.15, 0.2) is 0 Å². The Labute approximate surface area is 133 Å². The molecule has 21 heavy (non-hydrogen) atoms. The molecule has 0 atom stereocenters. The van der Waals surface area contributed by atoms with Gasteiger partial charge >= 0.3 is 0 Å². The van der Waals surface area contributed by atoms with Crippen LogP contribution in [0.2, 0.25) is 0 Å². The Balaban J connectivity index is 1.99. The summed E-state index contributed by atoms with van der Waals surface area (Å²) >= 11 is 3.54. The Bertz CT molecular complexity index is 656. The second kappa shape index (κ2) is 6.59. The van der Waals surface area contributed by atoms with Gasteiger partial charge in [-0.05, 0) is 39.2 Å². The number of hydrogen-bond acceptors (Lipinski definition) is 1. The summed E-state index contributed by atoms with van der Waals surface area (Å²) in [6.45, 7) is 0. The molecule has 3 aromatic rings. The van der Waals surface area contributed by atoms with E-state index in [0.717, 1.165) is 21.3 Å². The maximum Gasteiger partial charge on any atom is 0.149 e. The number of ether oxygens (including phenoxy) is 1. The molecule has 1 nitrogen and oxygen atoms in total. The highest BCUT2D eigenvalue weighted by molar-refractivity contribution is 9.10. The summed E-state index contributed by atoms with van der Waals surface area (Å²) in [5.41, 5.74) is 2.28. The Morgan fingerprint density at radius 2 is 1.10 bits per heavy atom. The van der Waals surface area contributed by atoms with Crippen molar-refractivity contribution in [3.05, 3.63) is 101 Å². The fourth-order valence-electron chi connectivity index (χ4n) is 2.25. The van der Waals surface area contributed by atoms with Gasteiger partial charge in [-0.2, -0.15) is 0 Å². The molecule has 0 N–H and O–H groups in total. The number of halogens is 1. The molecule has 0 radical (unpaired) electrons. The molecule has 0 aliphatic heterocycles. The molecule has 3 aromatic carbocycles. The monoisotopic (exact) mass is 338 g/mol. The first-order valence-electron chi connectivity index (χ1n) is 6.85. The normalized spacial score (nSPS) is 10.6. The van der Waals surface area contributed by atoms with E-state index < -0.39 is 0 Å². The predicted octanol–water partition coefficient (Wildman–Crippen LogP) is 5.62. The second-order valence-electron chi connectivity index (χ2n) is 4.75. The molecule has 0 aliphatic rings. The summed E-state index contributed by atoms with van der Waals surface area (Å²) in [6, 6.07) is 28.5.